The van der Waals surface area contributed by atoms with Crippen LogP contribution >= 0.6 is 0 Å². The maximum Gasteiger partial charge on any atom is 0.225 e. The van der Waals surface area contributed by atoms with Gasteiger partial charge in [-0.05, 0) is 0 Å². The molecular weight excluding hydrogens is 112 g/mol. The zero-order valence-electron chi connectivity index (χ0n) is 4.07. The molecule has 0 radical (unpaired) electrons. The average Bonchev–Trinajstić information content (AvgIpc) is 1.84. The maximum atomic E-state index is 9.96. The van der Waals surface area contributed by atoms with Crippen molar-refractivity contribution in [1.29, 1.82) is 0 Å². The van der Waals surface area contributed by atoms with E-state index in [9.17, 15) is 9.59 Å². The molecule has 8 heavy (non-hydrogen) atoms. The quantitative estimate of drug-likeness (QED) is 0.335. The third kappa shape index (κ3) is 1.81. The van der Waals surface area contributed by atoms with Gasteiger partial charge in [-0.1, -0.05) is 0 Å². The molecule has 0 aliphatic heterocycles. The zero-order chi connectivity index (χ0) is 6.57. The number of ketones is 1. The van der Waals surface area contributed by atoms with Gasteiger partial charge in [0.25, 0.3) is 0 Å². The lowest BCUT2D eigenvalue weighted by molar-refractivity contribution is -0.136. The Hall–Kier alpha value is -0.740. The fraction of sp³-hybridized carbons (Fsp3) is 0.500. The molecular formula is C4H6O4. The van der Waals surface area contributed by atoms with Gasteiger partial charge in [0, 0.05) is 0 Å². The first kappa shape index (κ1) is 7.26. The van der Waals surface area contributed by atoms with Crippen molar-refractivity contribution in [1.82, 2.24) is 0 Å². The normalized spacial score (nSPS) is 12.8. The first-order chi connectivity index (χ1) is 3.72. The Morgan fingerprint density at radius 1 is 1.75 bits per heavy atom. The second-order valence-corrected chi connectivity index (χ2v) is 1.22. The summed E-state index contributed by atoms with van der Waals surface area (Å²) in [5, 5.41) is 16.3. The Kier molecular flexibility index (Phi) is 2.98. The van der Waals surface area contributed by atoms with Crippen molar-refractivity contribution in [2.45, 2.75) is 6.10 Å². The van der Waals surface area contributed by atoms with Crippen molar-refractivity contribution in [3.05, 3.63) is 0 Å². The number of carbonyl (C=O) groups is 2. The summed E-state index contributed by atoms with van der Waals surface area (Å²) in [6, 6.07) is 0. The molecule has 0 aliphatic rings. The van der Waals surface area contributed by atoms with Crippen molar-refractivity contribution in [2.24, 2.45) is 0 Å². The van der Waals surface area contributed by atoms with E-state index < -0.39 is 18.5 Å². The molecule has 0 aliphatic carbocycles. The highest BCUT2D eigenvalue weighted by molar-refractivity contribution is 6.27. The fourth-order valence-corrected chi connectivity index (χ4v) is 0.169. The number of aldehydes is 1. The van der Waals surface area contributed by atoms with Gasteiger partial charge in [-0.15, -0.1) is 0 Å². The van der Waals surface area contributed by atoms with Crippen LogP contribution in [0.4, 0.5) is 0 Å². The van der Waals surface area contributed by atoms with Gasteiger partial charge in [-0.25, -0.2) is 0 Å². The molecule has 2 N–H and O–H groups in total. The molecule has 0 amide bonds. The van der Waals surface area contributed by atoms with Crippen LogP contribution in [-0.4, -0.2) is 35.0 Å². The Bertz CT molecular complexity index is 98.2. The predicted molar refractivity (Wildman–Crippen MR) is 24.2 cm³/mol. The van der Waals surface area contributed by atoms with Crippen molar-refractivity contribution in [2.75, 3.05) is 6.61 Å². The Balaban J connectivity index is 3.62. The van der Waals surface area contributed by atoms with Crippen LogP contribution in [0.2, 0.25) is 0 Å². The summed E-state index contributed by atoms with van der Waals surface area (Å²) >= 11 is 0. The van der Waals surface area contributed by atoms with Crippen LogP contribution in [0.25, 0.3) is 0 Å². The molecule has 1 unspecified atom stereocenters. The summed E-state index contributed by atoms with van der Waals surface area (Å²) < 4.78 is 0. The molecule has 0 aromatic heterocycles. The second-order valence-electron chi connectivity index (χ2n) is 1.22. The molecule has 4 heteroatoms. The maximum absolute atomic E-state index is 9.96. The molecule has 4 nitrogen and oxygen atoms in total. The van der Waals surface area contributed by atoms with E-state index >= 15 is 0 Å². The van der Waals surface area contributed by atoms with Gasteiger partial charge in [0.15, 0.2) is 6.29 Å². The third-order valence-corrected chi connectivity index (χ3v) is 0.618. The minimum absolute atomic E-state index is 0.0269. The van der Waals surface area contributed by atoms with E-state index in [1.165, 1.54) is 0 Å². The smallest absolute Gasteiger partial charge is 0.225 e. The van der Waals surface area contributed by atoms with Crippen LogP contribution < -0.4 is 0 Å². The van der Waals surface area contributed by atoms with Gasteiger partial charge >= 0.3 is 0 Å². The number of Topliss-reactive ketones (excluding diaryl/α,β-unsaturated/α-hetero) is 1. The first-order valence-corrected chi connectivity index (χ1v) is 2.00. The molecule has 0 saturated carbocycles. The van der Waals surface area contributed by atoms with Gasteiger partial charge < -0.3 is 10.2 Å². The highest BCUT2D eigenvalue weighted by Gasteiger charge is 2.10. The minimum Gasteiger partial charge on any atom is -0.393 e. The van der Waals surface area contributed by atoms with Gasteiger partial charge in [0.05, 0.1) is 6.61 Å². The molecule has 0 saturated heterocycles. The van der Waals surface area contributed by atoms with Crippen LogP contribution in [0.15, 0.2) is 0 Å². The number of hydrogen-bond donors (Lipinski definition) is 2. The van der Waals surface area contributed by atoms with E-state index in [4.69, 9.17) is 10.2 Å². The van der Waals surface area contributed by atoms with Gasteiger partial charge in [0.2, 0.25) is 5.78 Å². The minimum atomic E-state index is -1.53. The SMILES string of the molecule is O=CC(=O)C(O)CO. The van der Waals surface area contributed by atoms with Crippen LogP contribution in [0.5, 0.6) is 0 Å². The summed E-state index contributed by atoms with van der Waals surface area (Å²) in [6.07, 6.45) is -1.56. The average molecular weight is 118 g/mol. The molecule has 0 rings (SSSR count). The van der Waals surface area contributed by atoms with E-state index in [-0.39, 0.29) is 6.29 Å². The van der Waals surface area contributed by atoms with Gasteiger partial charge in [-0.3, -0.25) is 9.59 Å². The Labute approximate surface area is 45.7 Å². The van der Waals surface area contributed by atoms with Crippen LogP contribution in [0.1, 0.15) is 0 Å². The number of aliphatic hydroxyl groups is 2. The molecule has 46 valence electrons. The molecule has 0 heterocycles. The highest BCUT2D eigenvalue weighted by Crippen LogP contribution is 1.77. The van der Waals surface area contributed by atoms with Crippen LogP contribution in [0.3, 0.4) is 0 Å². The van der Waals surface area contributed by atoms with E-state index in [0.717, 1.165) is 0 Å². The van der Waals surface area contributed by atoms with Gasteiger partial charge in [-0.2, -0.15) is 0 Å². The molecule has 0 fully saturated rings. The lowest BCUT2D eigenvalue weighted by atomic mass is 10.3. The summed E-state index contributed by atoms with van der Waals surface area (Å²) in [7, 11) is 0. The largest absolute Gasteiger partial charge is 0.393 e. The summed E-state index contributed by atoms with van der Waals surface area (Å²) in [5.74, 6) is -0.993. The standard InChI is InChI=1S/C4H6O4/c5-1-3(7)4(8)2-6/h1,4,6,8H,2H2. The van der Waals surface area contributed by atoms with E-state index in [0.29, 0.717) is 0 Å². The van der Waals surface area contributed by atoms with E-state index in [1.54, 1.807) is 0 Å². The van der Waals surface area contributed by atoms with Crippen LogP contribution in [0, 0.1) is 0 Å². The van der Waals surface area contributed by atoms with Crippen molar-refractivity contribution >= 4 is 12.1 Å². The molecule has 0 bridgehead atoms. The summed E-state index contributed by atoms with van der Waals surface area (Å²) in [4.78, 5) is 19.4. The number of carbonyl (C=O) groups excluding carboxylic acids is 2. The molecule has 0 aromatic carbocycles. The summed E-state index contributed by atoms with van der Waals surface area (Å²) in [6.45, 7) is -0.697. The number of rotatable bonds is 3. The van der Waals surface area contributed by atoms with Crippen molar-refractivity contribution in [3.8, 4) is 0 Å². The van der Waals surface area contributed by atoms with Crippen molar-refractivity contribution in [3.63, 3.8) is 0 Å². The van der Waals surface area contributed by atoms with Crippen LogP contribution in [-0.2, 0) is 9.59 Å². The molecule has 0 aromatic rings. The lowest BCUT2D eigenvalue weighted by Gasteiger charge is -1.96. The Morgan fingerprint density at radius 3 is 2.38 bits per heavy atom. The lowest BCUT2D eigenvalue weighted by Crippen LogP contribution is -2.24. The molecule has 1 atom stereocenters. The number of aliphatic hydroxyl groups excluding tert-OH is 2. The summed E-state index contributed by atoms with van der Waals surface area (Å²) in [5.41, 5.74) is 0. The van der Waals surface area contributed by atoms with Gasteiger partial charge in [0.1, 0.15) is 6.10 Å². The molecule has 0 spiro atoms. The van der Waals surface area contributed by atoms with E-state index in [2.05, 4.69) is 0 Å². The first-order valence-electron chi connectivity index (χ1n) is 2.00. The second kappa shape index (κ2) is 3.29. The monoisotopic (exact) mass is 118 g/mol. The zero-order valence-corrected chi connectivity index (χ0v) is 4.07. The fourth-order valence-electron chi connectivity index (χ4n) is 0.169. The topological polar surface area (TPSA) is 74.6 Å². The predicted octanol–water partition coefficient (Wildman–Crippen LogP) is -1.89. The van der Waals surface area contributed by atoms with E-state index in [1.807, 2.05) is 0 Å². The number of hydrogen-bond acceptors (Lipinski definition) is 4. The third-order valence-electron chi connectivity index (χ3n) is 0.618. The van der Waals surface area contributed by atoms with Crippen molar-refractivity contribution < 1.29 is 19.8 Å². The highest BCUT2D eigenvalue weighted by atomic mass is 16.3. The Morgan fingerprint density at radius 2 is 2.25 bits per heavy atom.